The average molecular weight is 383 g/mol. The van der Waals surface area contributed by atoms with Crippen molar-refractivity contribution in [3.8, 4) is 0 Å². The van der Waals surface area contributed by atoms with Crippen LogP contribution in [-0.2, 0) is 0 Å². The molecule has 1 fully saturated rings. The summed E-state index contributed by atoms with van der Waals surface area (Å²) in [5.41, 5.74) is 0.603. The van der Waals surface area contributed by atoms with Gasteiger partial charge in [-0.05, 0) is 49.6 Å². The Morgan fingerprint density at radius 1 is 1.16 bits per heavy atom. The molecule has 5 nitrogen and oxygen atoms in total. The second kappa shape index (κ2) is 8.61. The number of piperidine rings is 1. The lowest BCUT2D eigenvalue weighted by molar-refractivity contribution is -0.936. The SMILES string of the molecule is O=C(NC[C@H](c1ccco1)[NH+]1CCCCC1)Nc1ccc(Cl)c(Cl)c1. The van der Waals surface area contributed by atoms with Gasteiger partial charge in [0.2, 0.25) is 0 Å². The molecule has 1 aliphatic rings. The number of carbonyl (C=O) groups excluding carboxylic acids is 1. The van der Waals surface area contributed by atoms with Crippen LogP contribution in [0.15, 0.2) is 41.0 Å². The molecule has 0 spiro atoms. The van der Waals surface area contributed by atoms with Crippen LogP contribution in [0.25, 0.3) is 0 Å². The molecule has 1 atom stereocenters. The number of anilines is 1. The van der Waals surface area contributed by atoms with Gasteiger partial charge in [-0.25, -0.2) is 4.79 Å². The highest BCUT2D eigenvalue weighted by molar-refractivity contribution is 6.42. The van der Waals surface area contributed by atoms with Crippen LogP contribution in [0, 0.1) is 0 Å². The van der Waals surface area contributed by atoms with Gasteiger partial charge in [0.05, 0.1) is 35.9 Å². The number of likely N-dealkylation sites (tertiary alicyclic amines) is 1. The van der Waals surface area contributed by atoms with Gasteiger partial charge in [0.25, 0.3) is 0 Å². The highest BCUT2D eigenvalue weighted by Crippen LogP contribution is 2.24. The number of halogens is 2. The fourth-order valence-electron chi connectivity index (χ4n) is 3.23. The summed E-state index contributed by atoms with van der Waals surface area (Å²) in [5.74, 6) is 0.909. The molecule has 1 aromatic heterocycles. The number of hydrogen-bond donors (Lipinski definition) is 3. The van der Waals surface area contributed by atoms with Gasteiger partial charge in [0.15, 0.2) is 11.8 Å². The fraction of sp³-hybridized carbons (Fsp3) is 0.389. The number of benzene rings is 1. The molecule has 0 saturated carbocycles. The van der Waals surface area contributed by atoms with Crippen molar-refractivity contribution >= 4 is 34.9 Å². The smallest absolute Gasteiger partial charge is 0.319 e. The van der Waals surface area contributed by atoms with E-state index in [4.69, 9.17) is 27.6 Å². The Hall–Kier alpha value is -1.69. The summed E-state index contributed by atoms with van der Waals surface area (Å²) < 4.78 is 5.60. The van der Waals surface area contributed by atoms with Gasteiger partial charge in [0.1, 0.15) is 0 Å². The van der Waals surface area contributed by atoms with Crippen molar-refractivity contribution in [3.05, 3.63) is 52.4 Å². The average Bonchev–Trinajstić information content (AvgIpc) is 3.14. The summed E-state index contributed by atoms with van der Waals surface area (Å²) in [6, 6.07) is 8.72. The zero-order chi connectivity index (χ0) is 17.6. The van der Waals surface area contributed by atoms with Crippen LogP contribution in [-0.4, -0.2) is 25.7 Å². The van der Waals surface area contributed by atoms with Crippen LogP contribution >= 0.6 is 23.2 Å². The molecule has 7 heteroatoms. The fourth-order valence-corrected chi connectivity index (χ4v) is 3.53. The Morgan fingerprint density at radius 3 is 2.64 bits per heavy atom. The van der Waals surface area contributed by atoms with Crippen molar-refractivity contribution in [2.45, 2.75) is 25.3 Å². The van der Waals surface area contributed by atoms with E-state index in [1.807, 2.05) is 12.1 Å². The lowest BCUT2D eigenvalue weighted by atomic mass is 10.1. The monoisotopic (exact) mass is 382 g/mol. The number of urea groups is 1. The molecule has 1 aromatic carbocycles. The minimum absolute atomic E-state index is 0.120. The van der Waals surface area contributed by atoms with Gasteiger partial charge in [-0.3, -0.25) is 0 Å². The molecule has 0 aliphatic carbocycles. The van der Waals surface area contributed by atoms with E-state index in [9.17, 15) is 4.79 Å². The van der Waals surface area contributed by atoms with Crippen LogP contribution in [0.5, 0.6) is 0 Å². The maximum Gasteiger partial charge on any atom is 0.319 e. The molecule has 2 amide bonds. The molecule has 0 bridgehead atoms. The molecule has 2 aromatic rings. The lowest BCUT2D eigenvalue weighted by Crippen LogP contribution is -3.13. The quantitative estimate of drug-likeness (QED) is 0.740. The Kier molecular flexibility index (Phi) is 6.24. The Labute approximate surface area is 157 Å². The second-order valence-electron chi connectivity index (χ2n) is 6.25. The third-order valence-electron chi connectivity index (χ3n) is 4.52. The number of quaternary nitrogens is 1. The summed E-state index contributed by atoms with van der Waals surface area (Å²) in [7, 11) is 0. The maximum absolute atomic E-state index is 12.2. The molecule has 25 heavy (non-hydrogen) atoms. The van der Waals surface area contributed by atoms with E-state index in [0.717, 1.165) is 18.8 Å². The molecule has 0 radical (unpaired) electrons. The summed E-state index contributed by atoms with van der Waals surface area (Å²) in [6.07, 6.45) is 5.38. The van der Waals surface area contributed by atoms with E-state index in [-0.39, 0.29) is 12.1 Å². The topological polar surface area (TPSA) is 58.7 Å². The zero-order valence-electron chi connectivity index (χ0n) is 13.9. The molecule has 0 unspecified atom stereocenters. The minimum Gasteiger partial charge on any atom is -0.463 e. The van der Waals surface area contributed by atoms with E-state index in [0.29, 0.717) is 22.3 Å². The van der Waals surface area contributed by atoms with Gasteiger partial charge in [-0.2, -0.15) is 0 Å². The Morgan fingerprint density at radius 2 is 1.96 bits per heavy atom. The zero-order valence-corrected chi connectivity index (χ0v) is 15.4. The van der Waals surface area contributed by atoms with Crippen molar-refractivity contribution in [3.63, 3.8) is 0 Å². The van der Waals surface area contributed by atoms with E-state index in [1.165, 1.54) is 24.2 Å². The maximum atomic E-state index is 12.2. The van der Waals surface area contributed by atoms with Crippen molar-refractivity contribution in [2.24, 2.45) is 0 Å². The summed E-state index contributed by atoms with van der Waals surface area (Å²) >= 11 is 11.9. The molecular formula is C18H22Cl2N3O2+. The first-order chi connectivity index (χ1) is 12.1. The summed E-state index contributed by atoms with van der Waals surface area (Å²) in [5, 5.41) is 6.59. The van der Waals surface area contributed by atoms with Crippen LogP contribution in [0.4, 0.5) is 10.5 Å². The summed E-state index contributed by atoms with van der Waals surface area (Å²) in [4.78, 5) is 13.7. The first kappa shape index (κ1) is 18.1. The third kappa shape index (κ3) is 4.91. The van der Waals surface area contributed by atoms with E-state index in [1.54, 1.807) is 24.5 Å². The summed E-state index contributed by atoms with van der Waals surface area (Å²) in [6.45, 7) is 2.71. The highest BCUT2D eigenvalue weighted by atomic mass is 35.5. The third-order valence-corrected chi connectivity index (χ3v) is 5.26. The van der Waals surface area contributed by atoms with Crippen molar-refractivity contribution in [1.82, 2.24) is 5.32 Å². The van der Waals surface area contributed by atoms with Crippen molar-refractivity contribution < 1.29 is 14.1 Å². The standard InChI is InChI=1S/C18H21Cl2N3O2/c19-14-7-6-13(11-15(14)20)22-18(24)21-12-16(17-5-4-10-25-17)23-8-2-1-3-9-23/h4-7,10-11,16H,1-3,8-9,12H2,(H2,21,22,24)/p+1/t16-/m1/s1. The minimum atomic E-state index is -0.272. The molecule has 3 rings (SSSR count). The molecule has 134 valence electrons. The normalized spacial score (nSPS) is 16.4. The van der Waals surface area contributed by atoms with Crippen LogP contribution in [0.3, 0.4) is 0 Å². The second-order valence-corrected chi connectivity index (χ2v) is 7.07. The number of furan rings is 1. The number of rotatable bonds is 5. The predicted molar refractivity (Wildman–Crippen MR) is 99.5 cm³/mol. The van der Waals surface area contributed by atoms with Crippen LogP contribution < -0.4 is 15.5 Å². The van der Waals surface area contributed by atoms with Gasteiger partial charge in [-0.15, -0.1) is 0 Å². The van der Waals surface area contributed by atoms with Crippen LogP contribution in [0.2, 0.25) is 10.0 Å². The lowest BCUT2D eigenvalue weighted by Gasteiger charge is -2.30. The Bertz CT molecular complexity index is 700. The van der Waals surface area contributed by atoms with E-state index >= 15 is 0 Å². The van der Waals surface area contributed by atoms with E-state index in [2.05, 4.69) is 10.6 Å². The highest BCUT2D eigenvalue weighted by Gasteiger charge is 2.28. The van der Waals surface area contributed by atoms with Gasteiger partial charge < -0.3 is 20.0 Å². The number of nitrogens with one attached hydrogen (secondary N) is 3. The largest absolute Gasteiger partial charge is 0.463 e. The first-order valence-electron chi connectivity index (χ1n) is 8.51. The molecule has 1 saturated heterocycles. The Balaban J connectivity index is 1.60. The molecular weight excluding hydrogens is 361 g/mol. The van der Waals surface area contributed by atoms with Gasteiger partial charge in [0, 0.05) is 5.69 Å². The molecule has 3 N–H and O–H groups in total. The predicted octanol–water partition coefficient (Wildman–Crippen LogP) is 3.52. The van der Waals surface area contributed by atoms with Crippen LogP contribution in [0.1, 0.15) is 31.1 Å². The molecule has 1 aliphatic heterocycles. The van der Waals surface area contributed by atoms with Crippen molar-refractivity contribution in [1.29, 1.82) is 0 Å². The number of carbonyl (C=O) groups is 1. The number of amides is 2. The van der Waals surface area contributed by atoms with Gasteiger partial charge >= 0.3 is 6.03 Å². The van der Waals surface area contributed by atoms with E-state index < -0.39 is 0 Å². The molecule has 2 heterocycles. The number of hydrogen-bond acceptors (Lipinski definition) is 2. The van der Waals surface area contributed by atoms with Gasteiger partial charge in [-0.1, -0.05) is 23.2 Å². The first-order valence-corrected chi connectivity index (χ1v) is 9.27. The van der Waals surface area contributed by atoms with Crippen molar-refractivity contribution in [2.75, 3.05) is 25.0 Å².